The van der Waals surface area contributed by atoms with Crippen LogP contribution in [0, 0.1) is 0 Å². The predicted octanol–water partition coefficient (Wildman–Crippen LogP) is 0.855. The second-order valence-electron chi connectivity index (χ2n) is 2.21. The van der Waals surface area contributed by atoms with Gasteiger partial charge in [0.1, 0.15) is 0 Å². The molecule has 5 nitrogen and oxygen atoms in total. The highest BCUT2D eigenvalue weighted by Gasteiger charge is 2.13. The van der Waals surface area contributed by atoms with Gasteiger partial charge in [-0.15, -0.1) is 6.58 Å². The van der Waals surface area contributed by atoms with Gasteiger partial charge in [0.2, 0.25) is 0 Å². The van der Waals surface area contributed by atoms with Gasteiger partial charge in [0, 0.05) is 5.57 Å². The van der Waals surface area contributed by atoms with Gasteiger partial charge < -0.3 is 4.18 Å². The number of carbonyl (C=O) groups excluding carboxylic acids is 1. The van der Waals surface area contributed by atoms with Gasteiger partial charge in [-0.2, -0.15) is 8.42 Å². The lowest BCUT2D eigenvalue weighted by atomic mass is 10.2. The highest BCUT2D eigenvalue weighted by molar-refractivity contribution is 7.81. The van der Waals surface area contributed by atoms with Crippen molar-refractivity contribution in [3.63, 3.8) is 0 Å². The van der Waals surface area contributed by atoms with Gasteiger partial charge in [0.05, 0.1) is 0 Å². The third-order valence-electron chi connectivity index (χ3n) is 1.09. The number of carbonyl (C=O) groups is 1. The lowest BCUT2D eigenvalue weighted by Gasteiger charge is -1.98. The monoisotopic (exact) mass is 206 g/mol. The molecule has 0 unspecified atom stereocenters. The Morgan fingerprint density at radius 3 is 2.54 bits per heavy atom. The molecule has 0 amide bonds. The van der Waals surface area contributed by atoms with Crippen LogP contribution in [0.3, 0.4) is 0 Å². The first-order chi connectivity index (χ1) is 5.87. The van der Waals surface area contributed by atoms with E-state index in [9.17, 15) is 13.2 Å². The molecule has 0 spiro atoms. The highest BCUT2D eigenvalue weighted by Crippen LogP contribution is 2.01. The Kier molecular flexibility index (Phi) is 4.36. The number of rotatable bonds is 4. The topological polar surface area (TPSA) is 80.7 Å². The molecule has 0 saturated carbocycles. The molecule has 6 heteroatoms. The Bertz CT molecular complexity index is 325. The summed E-state index contributed by atoms with van der Waals surface area (Å²) in [5, 5.41) is 0. The summed E-state index contributed by atoms with van der Waals surface area (Å²) in [5.41, 5.74) is 0.0949. The third kappa shape index (κ3) is 6.06. The van der Waals surface area contributed by atoms with Crippen LogP contribution in [0.5, 0.6) is 0 Å². The van der Waals surface area contributed by atoms with Crippen molar-refractivity contribution in [1.29, 1.82) is 0 Å². The van der Waals surface area contributed by atoms with Crippen molar-refractivity contribution in [3.8, 4) is 0 Å². The zero-order valence-corrected chi connectivity index (χ0v) is 7.87. The first-order valence-corrected chi connectivity index (χ1v) is 4.72. The first-order valence-electron chi connectivity index (χ1n) is 3.35. The van der Waals surface area contributed by atoms with E-state index in [-0.39, 0.29) is 5.57 Å². The van der Waals surface area contributed by atoms with Gasteiger partial charge >= 0.3 is 16.4 Å². The van der Waals surface area contributed by atoms with E-state index in [1.165, 1.54) is 19.1 Å². The van der Waals surface area contributed by atoms with E-state index < -0.39 is 16.4 Å². The van der Waals surface area contributed by atoms with Gasteiger partial charge in [-0.25, -0.2) is 4.79 Å². The smallest absolute Gasteiger partial charge is 0.321 e. The largest absolute Gasteiger partial charge is 0.449 e. The van der Waals surface area contributed by atoms with Crippen molar-refractivity contribution in [2.45, 2.75) is 13.3 Å². The normalized spacial score (nSPS) is 12.3. The van der Waals surface area contributed by atoms with Crippen molar-refractivity contribution >= 4 is 16.4 Å². The Balaban J connectivity index is 4.36. The van der Waals surface area contributed by atoms with Crippen LogP contribution in [0.4, 0.5) is 0 Å². The van der Waals surface area contributed by atoms with Gasteiger partial charge in [-0.3, -0.25) is 4.55 Å². The van der Waals surface area contributed by atoms with Gasteiger partial charge in [0.15, 0.2) is 0 Å². The molecule has 0 aromatic heterocycles. The van der Waals surface area contributed by atoms with Crippen LogP contribution in [0.2, 0.25) is 0 Å². The van der Waals surface area contributed by atoms with Gasteiger partial charge in [-0.05, 0) is 13.3 Å². The molecular weight excluding hydrogens is 196 g/mol. The van der Waals surface area contributed by atoms with Crippen molar-refractivity contribution in [2.24, 2.45) is 0 Å². The van der Waals surface area contributed by atoms with E-state index >= 15 is 0 Å². The fourth-order valence-electron chi connectivity index (χ4n) is 0.505. The molecule has 13 heavy (non-hydrogen) atoms. The van der Waals surface area contributed by atoms with Crippen LogP contribution in [0.15, 0.2) is 24.3 Å². The van der Waals surface area contributed by atoms with Crippen LogP contribution < -0.4 is 0 Å². The lowest BCUT2D eigenvalue weighted by molar-refractivity contribution is -0.130. The Labute approximate surface area is 76.7 Å². The van der Waals surface area contributed by atoms with Crippen LogP contribution in [-0.4, -0.2) is 18.9 Å². The summed E-state index contributed by atoms with van der Waals surface area (Å²) in [6.45, 7) is 4.77. The third-order valence-corrected chi connectivity index (χ3v) is 1.46. The van der Waals surface area contributed by atoms with Crippen LogP contribution >= 0.6 is 0 Å². The second kappa shape index (κ2) is 4.78. The summed E-state index contributed by atoms with van der Waals surface area (Å²) in [7, 11) is -4.71. The molecular formula is C7H10O5S. The average molecular weight is 206 g/mol. The van der Waals surface area contributed by atoms with Crippen LogP contribution in [0.25, 0.3) is 0 Å². The zero-order valence-electron chi connectivity index (χ0n) is 7.06. The summed E-state index contributed by atoms with van der Waals surface area (Å²) < 4.78 is 32.0. The number of allylic oxidation sites excluding steroid dienone is 2. The molecule has 0 bridgehead atoms. The van der Waals surface area contributed by atoms with Crippen molar-refractivity contribution in [1.82, 2.24) is 0 Å². The SMILES string of the molecule is C=CCC=C(C)C(=O)OS(=O)(=O)O. The minimum Gasteiger partial charge on any atom is -0.321 e. The maximum atomic E-state index is 10.8. The molecule has 74 valence electrons. The lowest BCUT2D eigenvalue weighted by Crippen LogP contribution is -2.12. The summed E-state index contributed by atoms with van der Waals surface area (Å²) in [6.07, 6.45) is 3.39. The molecule has 1 N–H and O–H groups in total. The molecule has 0 aromatic rings. The molecule has 0 aliphatic heterocycles. The Hall–Kier alpha value is -1.14. The van der Waals surface area contributed by atoms with E-state index in [4.69, 9.17) is 4.55 Å². The van der Waals surface area contributed by atoms with E-state index in [2.05, 4.69) is 10.8 Å². The quantitative estimate of drug-likeness (QED) is 0.419. The second-order valence-corrected chi connectivity index (χ2v) is 3.23. The molecule has 0 radical (unpaired) electrons. The molecule has 0 atom stereocenters. The van der Waals surface area contributed by atoms with E-state index in [1.807, 2.05) is 0 Å². The molecule has 0 heterocycles. The molecule has 0 fully saturated rings. The van der Waals surface area contributed by atoms with Gasteiger partial charge in [0.25, 0.3) is 0 Å². The fraction of sp³-hybridized carbons (Fsp3) is 0.286. The number of hydrogen-bond donors (Lipinski definition) is 1. The van der Waals surface area contributed by atoms with Crippen LogP contribution in [-0.2, 0) is 19.4 Å². The summed E-state index contributed by atoms with van der Waals surface area (Å²) in [5.74, 6) is -1.09. The highest BCUT2D eigenvalue weighted by atomic mass is 32.3. The maximum Gasteiger partial charge on any atom is 0.449 e. The van der Waals surface area contributed by atoms with E-state index in [1.54, 1.807) is 0 Å². The van der Waals surface area contributed by atoms with E-state index in [0.717, 1.165) is 0 Å². The molecule has 0 aliphatic carbocycles. The first kappa shape index (κ1) is 11.9. The zero-order chi connectivity index (χ0) is 10.5. The molecule has 0 aliphatic rings. The molecule has 0 aromatic carbocycles. The number of hydrogen-bond acceptors (Lipinski definition) is 4. The minimum absolute atomic E-state index is 0.0949. The average Bonchev–Trinajstić information content (AvgIpc) is 1.96. The standard InChI is InChI=1S/C7H10O5S/c1-3-4-5-6(2)7(8)12-13(9,10)11/h3,5H,1,4H2,2H3,(H,9,10,11). The fourth-order valence-corrected chi connectivity index (χ4v) is 0.828. The summed E-state index contributed by atoms with van der Waals surface area (Å²) in [6, 6.07) is 0. The minimum atomic E-state index is -4.71. The predicted molar refractivity (Wildman–Crippen MR) is 46.2 cm³/mol. The van der Waals surface area contributed by atoms with Gasteiger partial charge in [-0.1, -0.05) is 12.2 Å². The summed E-state index contributed by atoms with van der Waals surface area (Å²) in [4.78, 5) is 10.8. The van der Waals surface area contributed by atoms with Crippen molar-refractivity contribution in [3.05, 3.63) is 24.3 Å². The van der Waals surface area contributed by atoms with Crippen molar-refractivity contribution in [2.75, 3.05) is 0 Å². The molecule has 0 rings (SSSR count). The maximum absolute atomic E-state index is 10.8. The molecule has 0 saturated heterocycles. The van der Waals surface area contributed by atoms with E-state index in [0.29, 0.717) is 6.42 Å². The Morgan fingerprint density at radius 2 is 2.15 bits per heavy atom. The van der Waals surface area contributed by atoms with Crippen molar-refractivity contribution < 1.29 is 21.9 Å². The Morgan fingerprint density at radius 1 is 1.62 bits per heavy atom. The van der Waals surface area contributed by atoms with Crippen LogP contribution in [0.1, 0.15) is 13.3 Å². The summed E-state index contributed by atoms with van der Waals surface area (Å²) >= 11 is 0.